The van der Waals surface area contributed by atoms with Crippen molar-refractivity contribution in [3.63, 3.8) is 0 Å². The summed E-state index contributed by atoms with van der Waals surface area (Å²) in [6.45, 7) is 12.9. The molecule has 0 aliphatic heterocycles. The van der Waals surface area contributed by atoms with Gasteiger partial charge in [0.25, 0.3) is 0 Å². The number of alkyl carbamates (subject to hydrolysis) is 1. The van der Waals surface area contributed by atoms with Gasteiger partial charge in [-0.15, -0.1) is 11.3 Å². The van der Waals surface area contributed by atoms with Crippen LogP contribution in [0.15, 0.2) is 6.20 Å². The van der Waals surface area contributed by atoms with Crippen LogP contribution in [-0.4, -0.2) is 33.9 Å². The van der Waals surface area contributed by atoms with E-state index in [-0.39, 0.29) is 11.5 Å². The normalized spacial score (nSPS) is 22.9. The minimum Gasteiger partial charge on any atom is -0.444 e. The topological polar surface area (TPSA) is 89.5 Å². The average Bonchev–Trinajstić information content (AvgIpc) is 2.80. The molecule has 1 aromatic heterocycles. The van der Waals surface area contributed by atoms with E-state index in [0.29, 0.717) is 5.13 Å². The fourth-order valence-electron chi connectivity index (χ4n) is 2.35. The maximum atomic E-state index is 12.0. The van der Waals surface area contributed by atoms with Crippen LogP contribution in [0, 0.1) is 0 Å². The molecule has 1 aliphatic rings. The molecule has 2 amide bonds. The monoisotopic (exact) mass is 369 g/mol. The zero-order valence-corrected chi connectivity index (χ0v) is 16.7. The summed E-state index contributed by atoms with van der Waals surface area (Å²) in [5, 5.41) is 6.04. The highest BCUT2D eigenvalue weighted by atomic mass is 32.1. The van der Waals surface area contributed by atoms with Crippen molar-refractivity contribution in [1.29, 1.82) is 0 Å². The maximum Gasteiger partial charge on any atom is 0.413 e. The third kappa shape index (κ3) is 5.88. The molecule has 2 rings (SSSR count). The number of anilines is 1. The van der Waals surface area contributed by atoms with E-state index in [9.17, 15) is 9.59 Å². The van der Waals surface area contributed by atoms with Crippen molar-refractivity contribution in [1.82, 2.24) is 10.3 Å². The van der Waals surface area contributed by atoms with Gasteiger partial charge in [-0.3, -0.25) is 5.32 Å². The molecular formula is C17H27N3O4S. The fraction of sp³-hybridized carbons (Fsp3) is 0.706. The Bertz CT molecular complexity index is 660. The van der Waals surface area contributed by atoms with Crippen LogP contribution in [0.25, 0.3) is 0 Å². The van der Waals surface area contributed by atoms with E-state index in [0.717, 1.165) is 11.3 Å². The smallest absolute Gasteiger partial charge is 0.413 e. The highest BCUT2D eigenvalue weighted by molar-refractivity contribution is 7.15. The van der Waals surface area contributed by atoms with Crippen molar-refractivity contribution < 1.29 is 19.1 Å². The van der Waals surface area contributed by atoms with Crippen LogP contribution >= 0.6 is 11.3 Å². The zero-order chi connectivity index (χ0) is 19.0. The molecule has 1 saturated carbocycles. The molecule has 1 aromatic rings. The highest BCUT2D eigenvalue weighted by Crippen LogP contribution is 2.53. The molecule has 2 N–H and O–H groups in total. The van der Waals surface area contributed by atoms with E-state index in [2.05, 4.69) is 15.6 Å². The van der Waals surface area contributed by atoms with Gasteiger partial charge in [-0.25, -0.2) is 14.6 Å². The maximum absolute atomic E-state index is 12.0. The first-order valence-corrected chi connectivity index (χ1v) is 9.06. The Kier molecular flexibility index (Phi) is 5.05. The van der Waals surface area contributed by atoms with Crippen LogP contribution in [0.5, 0.6) is 0 Å². The second-order valence-corrected chi connectivity index (χ2v) is 9.56. The molecule has 2 atom stereocenters. The lowest BCUT2D eigenvalue weighted by Gasteiger charge is -2.22. The van der Waals surface area contributed by atoms with Crippen molar-refractivity contribution in [3.05, 3.63) is 11.1 Å². The molecule has 0 aromatic carbocycles. The van der Waals surface area contributed by atoms with E-state index < -0.39 is 23.4 Å². The van der Waals surface area contributed by atoms with Crippen molar-refractivity contribution in [2.24, 2.45) is 0 Å². The van der Waals surface area contributed by atoms with Gasteiger partial charge < -0.3 is 14.8 Å². The number of hydrogen-bond acceptors (Lipinski definition) is 6. The standard InChI is InChI=1S/C17H27N3O4S/c1-15(2,3)23-13(21)19-12-18-9-11(25-12)10-8-17(10,7)20-14(22)24-16(4,5)6/h9-10H,8H2,1-7H3,(H,20,22)(H,18,19,21). The van der Waals surface area contributed by atoms with Gasteiger partial charge in [-0.2, -0.15) is 0 Å². The number of aromatic nitrogens is 1. The predicted octanol–water partition coefficient (Wildman–Crippen LogP) is 4.26. The molecule has 0 bridgehead atoms. The minimum atomic E-state index is -0.559. The second kappa shape index (κ2) is 6.48. The Labute approximate surface area is 152 Å². The molecule has 7 nitrogen and oxygen atoms in total. The number of amides is 2. The third-order valence-corrected chi connectivity index (χ3v) is 4.52. The third-order valence-electron chi connectivity index (χ3n) is 3.50. The number of nitrogens with zero attached hydrogens (tertiary/aromatic N) is 1. The molecule has 2 unspecified atom stereocenters. The van der Waals surface area contributed by atoms with Crippen LogP contribution in [0.2, 0.25) is 0 Å². The highest BCUT2D eigenvalue weighted by Gasteiger charge is 2.53. The quantitative estimate of drug-likeness (QED) is 0.831. The minimum absolute atomic E-state index is 0.159. The number of carbonyl (C=O) groups excluding carboxylic acids is 2. The number of nitrogens with one attached hydrogen (secondary N) is 2. The van der Waals surface area contributed by atoms with Crippen molar-refractivity contribution in [2.45, 2.75) is 77.5 Å². The molecule has 25 heavy (non-hydrogen) atoms. The van der Waals surface area contributed by atoms with E-state index >= 15 is 0 Å². The van der Waals surface area contributed by atoms with Gasteiger partial charge >= 0.3 is 12.2 Å². The Morgan fingerprint density at radius 3 is 2.28 bits per heavy atom. The van der Waals surface area contributed by atoms with Crippen molar-refractivity contribution in [2.75, 3.05) is 5.32 Å². The Morgan fingerprint density at radius 2 is 1.72 bits per heavy atom. The number of ether oxygens (including phenoxy) is 2. The Balaban J connectivity index is 1.91. The second-order valence-electron chi connectivity index (χ2n) is 8.50. The van der Waals surface area contributed by atoms with Gasteiger partial charge in [0.05, 0.1) is 0 Å². The Hall–Kier alpha value is -1.83. The number of thiazole rings is 1. The van der Waals surface area contributed by atoms with Crippen LogP contribution < -0.4 is 10.6 Å². The van der Waals surface area contributed by atoms with Gasteiger partial charge in [-0.1, -0.05) is 0 Å². The molecule has 1 heterocycles. The lowest BCUT2D eigenvalue weighted by atomic mass is 10.2. The molecule has 1 aliphatic carbocycles. The number of hydrogen-bond donors (Lipinski definition) is 2. The van der Waals surface area contributed by atoms with E-state index in [1.807, 2.05) is 27.7 Å². The lowest BCUT2D eigenvalue weighted by molar-refractivity contribution is 0.0499. The van der Waals surface area contributed by atoms with E-state index in [4.69, 9.17) is 9.47 Å². The van der Waals surface area contributed by atoms with Gasteiger partial charge in [0.15, 0.2) is 5.13 Å². The van der Waals surface area contributed by atoms with Gasteiger partial charge in [-0.05, 0) is 54.9 Å². The summed E-state index contributed by atoms with van der Waals surface area (Å²) >= 11 is 1.39. The molecule has 0 radical (unpaired) electrons. The average molecular weight is 369 g/mol. The summed E-state index contributed by atoms with van der Waals surface area (Å²) in [7, 11) is 0. The summed E-state index contributed by atoms with van der Waals surface area (Å²) in [4.78, 5) is 29.0. The molecule has 1 fully saturated rings. The summed E-state index contributed by atoms with van der Waals surface area (Å²) in [5.41, 5.74) is -1.44. The largest absolute Gasteiger partial charge is 0.444 e. The molecular weight excluding hydrogens is 342 g/mol. The first-order valence-electron chi connectivity index (χ1n) is 8.24. The van der Waals surface area contributed by atoms with Gasteiger partial charge in [0.2, 0.25) is 0 Å². The van der Waals surface area contributed by atoms with Crippen molar-refractivity contribution in [3.8, 4) is 0 Å². The molecule has 140 valence electrons. The van der Waals surface area contributed by atoms with E-state index in [1.165, 1.54) is 11.3 Å². The van der Waals surface area contributed by atoms with Gasteiger partial charge in [0.1, 0.15) is 11.2 Å². The summed E-state index contributed by atoms with van der Waals surface area (Å²) < 4.78 is 10.5. The van der Waals surface area contributed by atoms with Crippen molar-refractivity contribution >= 4 is 28.7 Å². The SMILES string of the molecule is CC(C)(C)OC(=O)Nc1ncc(C2CC2(C)NC(=O)OC(C)(C)C)s1. The van der Waals surface area contributed by atoms with Gasteiger partial charge in [0, 0.05) is 22.5 Å². The zero-order valence-electron chi connectivity index (χ0n) is 15.9. The summed E-state index contributed by atoms with van der Waals surface area (Å²) in [6, 6.07) is 0. The van der Waals surface area contributed by atoms with Crippen LogP contribution in [0.1, 0.15) is 65.7 Å². The van der Waals surface area contributed by atoms with Crippen LogP contribution in [0.3, 0.4) is 0 Å². The summed E-state index contributed by atoms with van der Waals surface area (Å²) in [6.07, 6.45) is 1.58. The molecule has 0 saturated heterocycles. The molecule has 8 heteroatoms. The first-order chi connectivity index (χ1) is 11.3. The lowest BCUT2D eigenvalue weighted by Crippen LogP contribution is -2.39. The predicted molar refractivity (Wildman–Crippen MR) is 97.1 cm³/mol. The van der Waals surface area contributed by atoms with Crippen LogP contribution in [0.4, 0.5) is 14.7 Å². The van der Waals surface area contributed by atoms with E-state index in [1.54, 1.807) is 27.0 Å². The fourth-order valence-corrected chi connectivity index (χ4v) is 3.41. The number of rotatable bonds is 3. The Morgan fingerprint density at radius 1 is 1.16 bits per heavy atom. The first kappa shape index (κ1) is 19.5. The summed E-state index contributed by atoms with van der Waals surface area (Å²) in [5.74, 6) is 0.159. The number of carbonyl (C=O) groups is 2. The van der Waals surface area contributed by atoms with Crippen LogP contribution in [-0.2, 0) is 9.47 Å². The molecule has 0 spiro atoms.